The second-order valence-corrected chi connectivity index (χ2v) is 7.92. The molecule has 0 aliphatic carbocycles. The number of carbonyl (C=O) groups is 2. The van der Waals surface area contributed by atoms with Crippen LogP contribution in [0.2, 0.25) is 0 Å². The maximum atomic E-state index is 12.7. The Morgan fingerprint density at radius 3 is 2.58 bits per heavy atom. The van der Waals surface area contributed by atoms with Crippen LogP contribution in [-0.4, -0.2) is 51.3 Å². The zero-order valence-corrected chi connectivity index (χ0v) is 19.1. The lowest BCUT2D eigenvalue weighted by atomic mass is 10.1. The molecule has 0 saturated carbocycles. The number of rotatable bonds is 9. The van der Waals surface area contributed by atoms with Gasteiger partial charge in [0.05, 0.1) is 19.1 Å². The Bertz CT molecular complexity index is 1010. The van der Waals surface area contributed by atoms with Crippen molar-refractivity contribution in [2.45, 2.75) is 26.7 Å². The quantitative estimate of drug-likeness (QED) is 0.627. The first-order chi connectivity index (χ1) is 16.1. The first kappa shape index (κ1) is 22.8. The maximum Gasteiger partial charge on any atom is 0.227 e. The molecule has 8 heteroatoms. The van der Waals surface area contributed by atoms with E-state index >= 15 is 0 Å². The molecule has 4 rings (SSSR count). The topological polar surface area (TPSA) is 86.3 Å². The van der Waals surface area contributed by atoms with Gasteiger partial charge >= 0.3 is 0 Å². The Morgan fingerprint density at radius 1 is 1.03 bits per heavy atom. The predicted molar refractivity (Wildman–Crippen MR) is 123 cm³/mol. The minimum atomic E-state index is -0.384. The highest BCUT2D eigenvalue weighted by Crippen LogP contribution is 2.36. The monoisotopic (exact) mass is 454 g/mol. The summed E-state index contributed by atoms with van der Waals surface area (Å²) in [6, 6.07) is 11.2. The lowest BCUT2D eigenvalue weighted by molar-refractivity contribution is -0.126. The largest absolute Gasteiger partial charge is 0.490 e. The van der Waals surface area contributed by atoms with Gasteiger partial charge in [-0.3, -0.25) is 9.59 Å². The van der Waals surface area contributed by atoms with Gasteiger partial charge in [0.1, 0.15) is 13.2 Å². The number of hydrogen-bond acceptors (Lipinski definition) is 6. The summed E-state index contributed by atoms with van der Waals surface area (Å²) in [7, 11) is 0. The van der Waals surface area contributed by atoms with Crippen LogP contribution < -0.4 is 29.2 Å². The SMILES string of the molecule is CCOc1ccc(CCNC(=O)[C@@H]2CC(=O)N(c3ccc4c(c3)OCCO4)C2)cc1OCC. The second kappa shape index (κ2) is 10.5. The number of nitrogens with zero attached hydrogens (tertiary/aromatic N) is 1. The lowest BCUT2D eigenvalue weighted by Crippen LogP contribution is -2.34. The van der Waals surface area contributed by atoms with E-state index in [-0.39, 0.29) is 24.2 Å². The molecule has 2 aromatic carbocycles. The molecule has 0 radical (unpaired) electrons. The third kappa shape index (κ3) is 5.32. The highest BCUT2D eigenvalue weighted by Gasteiger charge is 2.35. The number of hydrogen-bond donors (Lipinski definition) is 1. The van der Waals surface area contributed by atoms with E-state index in [0.29, 0.717) is 63.2 Å². The van der Waals surface area contributed by atoms with Gasteiger partial charge in [0.2, 0.25) is 11.8 Å². The fraction of sp³-hybridized carbons (Fsp3) is 0.440. The minimum absolute atomic E-state index is 0.0697. The lowest BCUT2D eigenvalue weighted by Gasteiger charge is -2.22. The molecular formula is C25H30N2O6. The zero-order chi connectivity index (χ0) is 23.2. The van der Waals surface area contributed by atoms with Crippen LogP contribution in [0, 0.1) is 5.92 Å². The van der Waals surface area contributed by atoms with Crippen molar-refractivity contribution in [3.63, 3.8) is 0 Å². The average Bonchev–Trinajstić information content (AvgIpc) is 3.22. The van der Waals surface area contributed by atoms with E-state index in [1.165, 1.54) is 0 Å². The fourth-order valence-corrected chi connectivity index (χ4v) is 4.06. The van der Waals surface area contributed by atoms with Crippen molar-refractivity contribution in [1.29, 1.82) is 0 Å². The Labute approximate surface area is 193 Å². The summed E-state index contributed by atoms with van der Waals surface area (Å²) in [5.41, 5.74) is 1.76. The number of ether oxygens (including phenoxy) is 4. The molecule has 2 aromatic rings. The van der Waals surface area contributed by atoms with Crippen molar-refractivity contribution >= 4 is 17.5 Å². The first-order valence-electron chi connectivity index (χ1n) is 11.4. The summed E-state index contributed by atoms with van der Waals surface area (Å²) < 4.78 is 22.4. The number of fused-ring (bicyclic) bond motifs is 1. The number of nitrogens with one attached hydrogen (secondary N) is 1. The van der Waals surface area contributed by atoms with Crippen LogP contribution in [0.25, 0.3) is 0 Å². The van der Waals surface area contributed by atoms with Gasteiger partial charge in [-0.25, -0.2) is 0 Å². The Kier molecular flexibility index (Phi) is 7.22. The summed E-state index contributed by atoms with van der Waals surface area (Å²) in [6.07, 6.45) is 0.850. The molecule has 2 aliphatic heterocycles. The third-order valence-corrected chi connectivity index (χ3v) is 5.65. The van der Waals surface area contributed by atoms with E-state index in [4.69, 9.17) is 18.9 Å². The van der Waals surface area contributed by atoms with Gasteiger partial charge in [-0.15, -0.1) is 0 Å². The highest BCUT2D eigenvalue weighted by atomic mass is 16.6. The molecule has 176 valence electrons. The highest BCUT2D eigenvalue weighted by molar-refractivity contribution is 6.00. The molecule has 33 heavy (non-hydrogen) atoms. The van der Waals surface area contributed by atoms with Crippen molar-refractivity contribution in [1.82, 2.24) is 5.32 Å². The van der Waals surface area contributed by atoms with Crippen molar-refractivity contribution in [3.05, 3.63) is 42.0 Å². The molecule has 2 heterocycles. The van der Waals surface area contributed by atoms with Crippen molar-refractivity contribution in [3.8, 4) is 23.0 Å². The average molecular weight is 455 g/mol. The standard InChI is InChI=1S/C25H30N2O6/c1-3-30-20-7-5-17(13-22(20)31-4-2)9-10-26-25(29)18-14-24(28)27(16-18)19-6-8-21-23(15-19)33-12-11-32-21/h5-8,13,15,18H,3-4,9-12,14,16H2,1-2H3,(H,26,29)/t18-/m1/s1. The van der Waals surface area contributed by atoms with E-state index in [0.717, 1.165) is 17.0 Å². The van der Waals surface area contributed by atoms with Gasteiger partial charge in [0.25, 0.3) is 0 Å². The molecule has 1 N–H and O–H groups in total. The molecule has 2 aliphatic rings. The van der Waals surface area contributed by atoms with Crippen LogP contribution in [-0.2, 0) is 16.0 Å². The molecule has 0 bridgehead atoms. The van der Waals surface area contributed by atoms with Crippen molar-refractivity contribution < 1.29 is 28.5 Å². The Morgan fingerprint density at radius 2 is 1.79 bits per heavy atom. The van der Waals surface area contributed by atoms with Gasteiger partial charge in [-0.05, 0) is 50.1 Å². The summed E-state index contributed by atoms with van der Waals surface area (Å²) in [6.45, 7) is 6.81. The van der Waals surface area contributed by atoms with Crippen LogP contribution in [0.1, 0.15) is 25.8 Å². The zero-order valence-electron chi connectivity index (χ0n) is 19.1. The van der Waals surface area contributed by atoms with Crippen molar-refractivity contribution in [2.75, 3.05) is 44.4 Å². The minimum Gasteiger partial charge on any atom is -0.490 e. The molecule has 1 atom stereocenters. The number of carbonyl (C=O) groups excluding carboxylic acids is 2. The van der Waals surface area contributed by atoms with Gasteiger partial charge < -0.3 is 29.2 Å². The van der Waals surface area contributed by atoms with Gasteiger partial charge in [-0.1, -0.05) is 6.07 Å². The first-order valence-corrected chi connectivity index (χ1v) is 11.4. The summed E-state index contributed by atoms with van der Waals surface area (Å²) in [4.78, 5) is 26.9. The molecule has 1 saturated heterocycles. The smallest absolute Gasteiger partial charge is 0.227 e. The Balaban J connectivity index is 1.31. The van der Waals surface area contributed by atoms with Crippen LogP contribution >= 0.6 is 0 Å². The summed E-state index contributed by atoms with van der Waals surface area (Å²) in [5, 5.41) is 2.97. The van der Waals surface area contributed by atoms with E-state index in [2.05, 4.69) is 5.32 Å². The molecular weight excluding hydrogens is 424 g/mol. The maximum absolute atomic E-state index is 12.7. The molecule has 0 unspecified atom stereocenters. The van der Waals surface area contributed by atoms with Crippen LogP contribution in [0.5, 0.6) is 23.0 Å². The van der Waals surface area contributed by atoms with Crippen LogP contribution in [0.4, 0.5) is 5.69 Å². The van der Waals surface area contributed by atoms with Crippen LogP contribution in [0.15, 0.2) is 36.4 Å². The molecule has 1 fully saturated rings. The third-order valence-electron chi connectivity index (χ3n) is 5.65. The predicted octanol–water partition coefficient (Wildman–Crippen LogP) is 2.97. The number of amides is 2. The van der Waals surface area contributed by atoms with Crippen LogP contribution in [0.3, 0.4) is 0 Å². The van der Waals surface area contributed by atoms with E-state index in [1.807, 2.05) is 38.1 Å². The number of anilines is 1. The van der Waals surface area contributed by atoms with E-state index in [1.54, 1.807) is 17.0 Å². The van der Waals surface area contributed by atoms with Gasteiger partial charge in [0.15, 0.2) is 23.0 Å². The number of benzene rings is 2. The van der Waals surface area contributed by atoms with Gasteiger partial charge in [0, 0.05) is 31.3 Å². The molecule has 2 amide bonds. The molecule has 8 nitrogen and oxygen atoms in total. The summed E-state index contributed by atoms with van der Waals surface area (Å²) in [5.74, 6) is 2.16. The normalized spacial score (nSPS) is 17.1. The second-order valence-electron chi connectivity index (χ2n) is 7.92. The van der Waals surface area contributed by atoms with E-state index < -0.39 is 0 Å². The molecule has 0 aromatic heterocycles. The molecule has 0 spiro atoms. The van der Waals surface area contributed by atoms with Gasteiger partial charge in [-0.2, -0.15) is 0 Å². The fourth-order valence-electron chi connectivity index (χ4n) is 4.06. The van der Waals surface area contributed by atoms with Crippen molar-refractivity contribution in [2.24, 2.45) is 5.92 Å². The Hall–Kier alpha value is -3.42. The summed E-state index contributed by atoms with van der Waals surface area (Å²) >= 11 is 0. The van der Waals surface area contributed by atoms with E-state index in [9.17, 15) is 9.59 Å².